The third-order valence-electron chi connectivity index (χ3n) is 5.45. The molecular weight excluding hydrogens is 328 g/mol. The summed E-state index contributed by atoms with van der Waals surface area (Å²) in [4.78, 5) is 8.95. The smallest absolute Gasteiger partial charge is 0.191 e. The van der Waals surface area contributed by atoms with Gasteiger partial charge in [0.15, 0.2) is 5.96 Å². The van der Waals surface area contributed by atoms with Crippen LogP contribution in [-0.4, -0.2) is 44.1 Å². The zero-order valence-corrected chi connectivity index (χ0v) is 16.7. The molecule has 25 heavy (non-hydrogen) atoms. The largest absolute Gasteiger partial charge is 0.357 e. The zero-order valence-electron chi connectivity index (χ0n) is 15.8. The van der Waals surface area contributed by atoms with E-state index in [1.54, 1.807) is 0 Å². The average molecular weight is 363 g/mol. The van der Waals surface area contributed by atoms with Gasteiger partial charge in [-0.3, -0.25) is 9.89 Å². The van der Waals surface area contributed by atoms with Crippen molar-refractivity contribution in [1.29, 1.82) is 0 Å². The van der Waals surface area contributed by atoms with Crippen molar-refractivity contribution in [3.05, 3.63) is 22.4 Å². The van der Waals surface area contributed by atoms with Crippen molar-refractivity contribution < 1.29 is 0 Å². The van der Waals surface area contributed by atoms with Crippen molar-refractivity contribution in [2.45, 2.75) is 51.5 Å². The lowest BCUT2D eigenvalue weighted by atomic mass is 9.88. The van der Waals surface area contributed by atoms with Gasteiger partial charge in [0, 0.05) is 30.6 Å². The van der Waals surface area contributed by atoms with E-state index in [9.17, 15) is 0 Å². The Balaban J connectivity index is 1.55. The van der Waals surface area contributed by atoms with E-state index < -0.39 is 0 Å². The first-order chi connectivity index (χ1) is 12.3. The predicted octanol–water partition coefficient (Wildman–Crippen LogP) is 3.88. The fourth-order valence-corrected chi connectivity index (χ4v) is 4.90. The van der Waals surface area contributed by atoms with Gasteiger partial charge in [-0.15, -0.1) is 11.3 Å². The maximum Gasteiger partial charge on any atom is 0.191 e. The molecule has 2 heterocycles. The number of hydrogen-bond donors (Lipinski definition) is 2. The number of thiophene rings is 1. The van der Waals surface area contributed by atoms with Crippen LogP contribution >= 0.6 is 11.3 Å². The summed E-state index contributed by atoms with van der Waals surface area (Å²) in [5.41, 5.74) is 0. The van der Waals surface area contributed by atoms with Crippen LogP contribution in [0.5, 0.6) is 0 Å². The molecule has 1 aliphatic carbocycles. The lowest BCUT2D eigenvalue weighted by molar-refractivity contribution is 0.128. The van der Waals surface area contributed by atoms with Crippen molar-refractivity contribution in [3.8, 4) is 0 Å². The van der Waals surface area contributed by atoms with Crippen molar-refractivity contribution in [2.75, 3.05) is 33.2 Å². The van der Waals surface area contributed by atoms with Crippen molar-refractivity contribution in [2.24, 2.45) is 16.8 Å². The molecule has 2 unspecified atom stereocenters. The lowest BCUT2D eigenvalue weighted by Gasteiger charge is -2.38. The van der Waals surface area contributed by atoms with Crippen LogP contribution in [0.4, 0.5) is 0 Å². The predicted molar refractivity (Wildman–Crippen MR) is 108 cm³/mol. The summed E-state index contributed by atoms with van der Waals surface area (Å²) < 4.78 is 0. The number of aliphatic imine (C=N–C) groups is 1. The first-order valence-electron chi connectivity index (χ1n) is 10.0. The number of rotatable bonds is 8. The zero-order chi connectivity index (χ0) is 17.5. The Bertz CT molecular complexity index is 524. The van der Waals surface area contributed by atoms with Crippen LogP contribution < -0.4 is 10.6 Å². The number of guanidine groups is 1. The molecule has 1 aromatic rings. The van der Waals surface area contributed by atoms with Crippen LogP contribution in [0.1, 0.15) is 56.4 Å². The van der Waals surface area contributed by atoms with Gasteiger partial charge in [0.05, 0.1) is 0 Å². The second-order valence-corrected chi connectivity index (χ2v) is 8.55. The molecule has 0 spiro atoms. The molecule has 2 fully saturated rings. The van der Waals surface area contributed by atoms with E-state index in [4.69, 9.17) is 4.99 Å². The van der Waals surface area contributed by atoms with Crippen LogP contribution in [0.3, 0.4) is 0 Å². The molecule has 0 radical (unpaired) electrons. The van der Waals surface area contributed by atoms with E-state index in [0.29, 0.717) is 12.0 Å². The minimum Gasteiger partial charge on any atom is -0.357 e. The molecule has 0 amide bonds. The Hall–Kier alpha value is -1.07. The highest BCUT2D eigenvalue weighted by Gasteiger charge is 2.31. The van der Waals surface area contributed by atoms with Gasteiger partial charge in [0.25, 0.3) is 0 Å². The lowest BCUT2D eigenvalue weighted by Crippen LogP contribution is -2.40. The van der Waals surface area contributed by atoms with Crippen LogP contribution in [0.25, 0.3) is 0 Å². The molecule has 1 aliphatic heterocycles. The Kier molecular flexibility index (Phi) is 7.17. The van der Waals surface area contributed by atoms with Gasteiger partial charge in [-0.1, -0.05) is 18.9 Å². The fourth-order valence-electron chi connectivity index (χ4n) is 3.91. The van der Waals surface area contributed by atoms with E-state index in [2.05, 4.69) is 47.0 Å². The highest BCUT2D eigenvalue weighted by molar-refractivity contribution is 7.10. The summed E-state index contributed by atoms with van der Waals surface area (Å²) in [6.45, 7) is 6.21. The molecule has 1 saturated heterocycles. The van der Waals surface area contributed by atoms with E-state index in [-0.39, 0.29) is 0 Å². The maximum absolute atomic E-state index is 4.94. The molecule has 5 heteroatoms. The molecular formula is C20H34N4S. The third kappa shape index (κ3) is 5.71. The average Bonchev–Trinajstić information content (AvgIpc) is 3.28. The molecule has 2 atom stereocenters. The van der Waals surface area contributed by atoms with Gasteiger partial charge in [-0.05, 0) is 69.5 Å². The van der Waals surface area contributed by atoms with Crippen molar-refractivity contribution >= 4 is 17.3 Å². The maximum atomic E-state index is 4.94. The van der Waals surface area contributed by atoms with Gasteiger partial charge >= 0.3 is 0 Å². The first-order valence-corrected chi connectivity index (χ1v) is 10.9. The number of piperidine rings is 1. The normalized spacial score (nSPS) is 25.1. The Labute approximate surface area is 157 Å². The molecule has 0 bridgehead atoms. The molecule has 2 aliphatic rings. The second kappa shape index (κ2) is 9.58. The Morgan fingerprint density at radius 1 is 1.32 bits per heavy atom. The summed E-state index contributed by atoms with van der Waals surface area (Å²) in [5, 5.41) is 9.14. The van der Waals surface area contributed by atoms with E-state index in [1.165, 1.54) is 49.9 Å². The van der Waals surface area contributed by atoms with Crippen LogP contribution in [-0.2, 0) is 0 Å². The molecule has 1 saturated carbocycles. The van der Waals surface area contributed by atoms with Gasteiger partial charge in [0.1, 0.15) is 0 Å². The molecule has 1 aromatic heterocycles. The van der Waals surface area contributed by atoms with E-state index in [0.717, 1.165) is 31.5 Å². The highest BCUT2D eigenvalue weighted by Crippen LogP contribution is 2.37. The number of likely N-dealkylation sites (tertiary alicyclic amines) is 1. The van der Waals surface area contributed by atoms with Crippen molar-refractivity contribution in [3.63, 3.8) is 0 Å². The highest BCUT2D eigenvalue weighted by atomic mass is 32.1. The fraction of sp³-hybridized carbons (Fsp3) is 0.750. The summed E-state index contributed by atoms with van der Waals surface area (Å²) in [5.74, 6) is 2.63. The molecule has 0 aromatic carbocycles. The second-order valence-electron chi connectivity index (χ2n) is 7.58. The number of nitrogens with one attached hydrogen (secondary N) is 2. The van der Waals surface area contributed by atoms with Crippen LogP contribution in [0.15, 0.2) is 22.5 Å². The molecule has 4 nitrogen and oxygen atoms in total. The number of nitrogens with zero attached hydrogens (tertiary/aromatic N) is 2. The SMILES string of the molecule is CCNC(=NCC1CCCN(C)C1c1cccs1)NCCCC1CC1. The Morgan fingerprint density at radius 2 is 2.20 bits per heavy atom. The standard InChI is InChI=1S/C20H34N4S/c1-3-21-20(22-12-4-7-16-10-11-16)23-15-17-8-5-13-24(2)19(17)18-9-6-14-25-18/h6,9,14,16-17,19H,3-5,7-8,10-13,15H2,1-2H3,(H2,21,22,23). The van der Waals surface area contributed by atoms with E-state index in [1.807, 2.05) is 11.3 Å². The van der Waals surface area contributed by atoms with Gasteiger partial charge < -0.3 is 10.6 Å². The minimum atomic E-state index is 0.523. The molecule has 2 N–H and O–H groups in total. The quantitative estimate of drug-likeness (QED) is 0.419. The van der Waals surface area contributed by atoms with Crippen LogP contribution in [0, 0.1) is 11.8 Å². The third-order valence-corrected chi connectivity index (χ3v) is 6.39. The molecule has 3 rings (SSSR count). The van der Waals surface area contributed by atoms with E-state index >= 15 is 0 Å². The summed E-state index contributed by atoms with van der Waals surface area (Å²) >= 11 is 1.89. The summed E-state index contributed by atoms with van der Waals surface area (Å²) in [6.07, 6.45) is 8.10. The minimum absolute atomic E-state index is 0.523. The summed E-state index contributed by atoms with van der Waals surface area (Å²) in [7, 11) is 2.27. The first kappa shape index (κ1) is 18.7. The summed E-state index contributed by atoms with van der Waals surface area (Å²) in [6, 6.07) is 4.99. The van der Waals surface area contributed by atoms with Crippen molar-refractivity contribution in [1.82, 2.24) is 15.5 Å². The Morgan fingerprint density at radius 3 is 2.92 bits per heavy atom. The van der Waals surface area contributed by atoms with Gasteiger partial charge in [0.2, 0.25) is 0 Å². The van der Waals surface area contributed by atoms with Crippen LogP contribution in [0.2, 0.25) is 0 Å². The monoisotopic (exact) mass is 362 g/mol. The molecule has 140 valence electrons. The topological polar surface area (TPSA) is 39.7 Å². The number of hydrogen-bond acceptors (Lipinski definition) is 3. The van der Waals surface area contributed by atoms with Gasteiger partial charge in [-0.25, -0.2) is 0 Å². The van der Waals surface area contributed by atoms with Gasteiger partial charge in [-0.2, -0.15) is 0 Å².